The second kappa shape index (κ2) is 10.1. The van der Waals surface area contributed by atoms with Crippen molar-refractivity contribution in [2.45, 2.75) is 36.2 Å². The number of hydrogen-bond donors (Lipinski definition) is 3. The molecule has 4 rings (SSSR count). The van der Waals surface area contributed by atoms with Gasteiger partial charge in [0, 0.05) is 59.9 Å². The summed E-state index contributed by atoms with van der Waals surface area (Å²) in [6, 6.07) is 3.08. The third-order valence-electron chi connectivity index (χ3n) is 5.59. The van der Waals surface area contributed by atoms with Crippen LogP contribution in [0.5, 0.6) is 5.88 Å². The molecule has 3 heterocycles. The van der Waals surface area contributed by atoms with E-state index in [0.29, 0.717) is 29.5 Å². The maximum atomic E-state index is 13.5. The van der Waals surface area contributed by atoms with E-state index < -0.39 is 16.3 Å². The summed E-state index contributed by atoms with van der Waals surface area (Å²) in [5, 5.41) is 15.4. The summed E-state index contributed by atoms with van der Waals surface area (Å²) in [6.45, 7) is 0. The topological polar surface area (TPSA) is 114 Å². The highest BCUT2D eigenvalue weighted by atomic mass is 127. The molecule has 11 heteroatoms. The van der Waals surface area contributed by atoms with Crippen molar-refractivity contribution in [1.29, 1.82) is 5.41 Å². The number of aromatic nitrogens is 3. The van der Waals surface area contributed by atoms with Crippen molar-refractivity contribution in [2.75, 3.05) is 0 Å². The average molecular weight is 567 g/mol. The molecule has 2 aliphatic rings. The van der Waals surface area contributed by atoms with Crippen LogP contribution in [0.4, 0.5) is 8.78 Å². The number of nitrogens with zero attached hydrogens (tertiary/aromatic N) is 4. The monoisotopic (exact) mass is 567 g/mol. The van der Waals surface area contributed by atoms with E-state index in [1.807, 2.05) is 0 Å². The van der Waals surface area contributed by atoms with Crippen LogP contribution in [-0.2, 0) is 13.5 Å². The summed E-state index contributed by atoms with van der Waals surface area (Å²) in [5.74, 6) is 0.273. The standard InChI is InChI=1S/C22H24F2IN7O/c1-32-19(33-22(24)25)7-16(31-32)3-2-12-4-13-6-17(13)20(18(8-26)29-9-12)30-21(27)14-5-15(23)11-28-10-14/h5,7-11,13,21-22,26,30H,2-4,6,27H2,1H3/b12-9-,20-17-,26-8?,29-18-/t13?,21-,22?/m1/s1. The molecule has 3 atom stereocenters. The minimum Gasteiger partial charge on any atom is -0.435 e. The summed E-state index contributed by atoms with van der Waals surface area (Å²) in [4.78, 5) is 8.37. The van der Waals surface area contributed by atoms with Gasteiger partial charge in [0.2, 0.25) is 5.88 Å². The summed E-state index contributed by atoms with van der Waals surface area (Å²) in [6.07, 6.45) is 8.12. The third kappa shape index (κ3) is 5.82. The Bertz CT molecular complexity index is 1140. The number of fused-ring (bicyclic) bond motifs is 1. The first-order valence-corrected chi connectivity index (χ1v) is 11.7. The zero-order valence-electron chi connectivity index (χ0n) is 17.9. The van der Waals surface area contributed by atoms with Gasteiger partial charge >= 0.3 is 0 Å². The molecule has 33 heavy (non-hydrogen) atoms. The van der Waals surface area contributed by atoms with E-state index in [-0.39, 0.29) is 0 Å². The molecule has 8 nitrogen and oxygen atoms in total. The van der Waals surface area contributed by atoms with Gasteiger partial charge in [0.05, 0.1) is 17.6 Å². The number of aryl methyl sites for hydroxylation is 2. The van der Waals surface area contributed by atoms with E-state index in [0.717, 1.165) is 48.0 Å². The fraction of sp³-hybridized carbons (Fsp3) is 0.364. The molecule has 0 aromatic carbocycles. The normalized spacial score (nSPS) is 24.8. The van der Waals surface area contributed by atoms with Gasteiger partial charge in [-0.2, -0.15) is 9.49 Å². The lowest BCUT2D eigenvalue weighted by atomic mass is 10.0. The Hall–Kier alpha value is -2.67. The van der Waals surface area contributed by atoms with E-state index in [2.05, 4.69) is 20.4 Å². The average Bonchev–Trinajstić information content (AvgIpc) is 3.43. The number of halogens is 3. The SMILES string of the molecule is Cn1nc(CC/C2=C/N=C(C=N)\C(N[C@@H](N)c3cncc(F)c3)=C3/CC3C2)cc1OC(F)I. The zero-order chi connectivity index (χ0) is 23.5. The van der Waals surface area contributed by atoms with Crippen LogP contribution in [0.3, 0.4) is 0 Å². The first kappa shape index (κ1) is 23.5. The first-order valence-electron chi connectivity index (χ1n) is 10.4. The van der Waals surface area contributed by atoms with Gasteiger partial charge in [0.25, 0.3) is 4.36 Å². The van der Waals surface area contributed by atoms with Crippen LogP contribution in [0.25, 0.3) is 0 Å². The highest BCUT2D eigenvalue weighted by Gasteiger charge is 2.36. The third-order valence-corrected chi connectivity index (χ3v) is 5.85. The molecular formula is C22H24F2IN7O. The van der Waals surface area contributed by atoms with Crippen molar-refractivity contribution >= 4 is 34.5 Å². The molecular weight excluding hydrogens is 543 g/mol. The molecule has 1 aliphatic carbocycles. The van der Waals surface area contributed by atoms with Gasteiger partial charge < -0.3 is 21.2 Å². The molecule has 1 fully saturated rings. The second-order valence-corrected chi connectivity index (χ2v) is 8.97. The van der Waals surface area contributed by atoms with Gasteiger partial charge in [-0.15, -0.1) is 0 Å². The maximum absolute atomic E-state index is 13.5. The summed E-state index contributed by atoms with van der Waals surface area (Å²) in [5.41, 5.74) is 11.1. The molecule has 4 N–H and O–H groups in total. The van der Waals surface area contributed by atoms with Crippen LogP contribution in [-0.4, -0.2) is 31.1 Å². The highest BCUT2D eigenvalue weighted by Crippen LogP contribution is 2.46. The number of alkyl halides is 2. The van der Waals surface area contributed by atoms with E-state index in [9.17, 15) is 8.78 Å². The number of nitrogens with two attached hydrogens (primary N) is 1. The van der Waals surface area contributed by atoms with Gasteiger partial charge in [-0.25, -0.2) is 9.07 Å². The Kier molecular flexibility index (Phi) is 7.17. The number of rotatable bonds is 9. The Morgan fingerprint density at radius 1 is 1.36 bits per heavy atom. The van der Waals surface area contributed by atoms with Gasteiger partial charge in [0.15, 0.2) is 0 Å². The lowest BCUT2D eigenvalue weighted by Crippen LogP contribution is -2.32. The molecule has 0 saturated heterocycles. The van der Waals surface area contributed by atoms with E-state index in [1.165, 1.54) is 23.2 Å². The quantitative estimate of drug-likeness (QED) is 0.184. The Morgan fingerprint density at radius 3 is 2.91 bits per heavy atom. The van der Waals surface area contributed by atoms with E-state index in [4.69, 9.17) is 15.9 Å². The zero-order valence-corrected chi connectivity index (χ0v) is 20.1. The molecule has 0 bridgehead atoms. The van der Waals surface area contributed by atoms with E-state index >= 15 is 0 Å². The van der Waals surface area contributed by atoms with Crippen LogP contribution in [0.2, 0.25) is 0 Å². The van der Waals surface area contributed by atoms with Crippen LogP contribution in [0, 0.1) is 17.1 Å². The largest absolute Gasteiger partial charge is 0.435 e. The molecule has 1 saturated carbocycles. The molecule has 0 amide bonds. The fourth-order valence-electron chi connectivity index (χ4n) is 3.87. The number of ether oxygens (including phenoxy) is 1. The molecule has 174 valence electrons. The maximum Gasteiger partial charge on any atom is 0.290 e. The van der Waals surface area contributed by atoms with Crippen molar-refractivity contribution in [1.82, 2.24) is 20.1 Å². The van der Waals surface area contributed by atoms with Crippen LogP contribution in [0.1, 0.15) is 36.7 Å². The molecule has 0 spiro atoms. The molecule has 0 radical (unpaired) electrons. The van der Waals surface area contributed by atoms with Gasteiger partial charge in [0.1, 0.15) is 17.7 Å². The van der Waals surface area contributed by atoms with Crippen LogP contribution >= 0.6 is 22.6 Å². The van der Waals surface area contributed by atoms with E-state index in [1.54, 1.807) is 41.9 Å². The van der Waals surface area contributed by atoms with Crippen LogP contribution in [0.15, 0.2) is 52.6 Å². The van der Waals surface area contributed by atoms with Crippen molar-refractivity contribution in [3.63, 3.8) is 0 Å². The molecule has 2 aromatic rings. The Balaban J connectivity index is 1.46. The smallest absolute Gasteiger partial charge is 0.290 e. The number of allylic oxidation sites excluding steroid dienone is 3. The minimum atomic E-state index is -1.43. The van der Waals surface area contributed by atoms with Gasteiger partial charge in [-0.05, 0) is 43.2 Å². The van der Waals surface area contributed by atoms with Crippen molar-refractivity contribution in [3.8, 4) is 5.88 Å². The van der Waals surface area contributed by atoms with Gasteiger partial charge in [-0.3, -0.25) is 9.98 Å². The number of aliphatic imine (C=N–C) groups is 1. The van der Waals surface area contributed by atoms with Crippen molar-refractivity contribution in [3.05, 3.63) is 64.6 Å². The predicted octanol–water partition coefficient (Wildman–Crippen LogP) is 3.85. The van der Waals surface area contributed by atoms with Crippen molar-refractivity contribution in [2.24, 2.45) is 23.7 Å². The number of hydrogen-bond acceptors (Lipinski definition) is 7. The first-order chi connectivity index (χ1) is 15.8. The number of pyridine rings is 1. The van der Waals surface area contributed by atoms with Gasteiger partial charge in [-0.1, -0.05) is 5.57 Å². The minimum absolute atomic E-state index is 0.343. The molecule has 2 aromatic heterocycles. The number of nitrogens with one attached hydrogen (secondary N) is 2. The lowest BCUT2D eigenvalue weighted by Gasteiger charge is -2.19. The second-order valence-electron chi connectivity index (χ2n) is 7.99. The summed E-state index contributed by atoms with van der Waals surface area (Å²) >= 11 is 1.55. The van der Waals surface area contributed by atoms with Crippen LogP contribution < -0.4 is 15.8 Å². The molecule has 1 aliphatic heterocycles. The Labute approximate surface area is 203 Å². The highest BCUT2D eigenvalue weighted by molar-refractivity contribution is 14.1. The molecule has 2 unspecified atom stereocenters. The summed E-state index contributed by atoms with van der Waals surface area (Å²) in [7, 11) is 1.72. The van der Waals surface area contributed by atoms with Crippen molar-refractivity contribution < 1.29 is 13.5 Å². The fourth-order valence-corrected chi connectivity index (χ4v) is 4.13. The summed E-state index contributed by atoms with van der Waals surface area (Å²) < 4.78 is 31.8. The predicted molar refractivity (Wildman–Crippen MR) is 129 cm³/mol. The Morgan fingerprint density at radius 2 is 2.18 bits per heavy atom. The lowest BCUT2D eigenvalue weighted by molar-refractivity contribution is 0.157.